The molecule has 0 amide bonds. The molecular formula is C16H15N3O3. The number of fused-ring (bicyclic) bond motifs is 2. The maximum atomic E-state index is 8.96. The highest BCUT2D eigenvalue weighted by Gasteiger charge is 2.16. The Labute approximate surface area is 126 Å². The number of aromatic amines is 1. The number of aromatic nitrogens is 2. The molecule has 6 heteroatoms. The summed E-state index contributed by atoms with van der Waals surface area (Å²) in [5.74, 6) is 2.24. The molecule has 112 valence electrons. The number of hydrogen-bond donors (Lipinski definition) is 3. The van der Waals surface area contributed by atoms with Crippen molar-refractivity contribution in [3.05, 3.63) is 36.5 Å². The lowest BCUT2D eigenvalue weighted by molar-refractivity contribution is 0.174. The summed E-state index contributed by atoms with van der Waals surface area (Å²) in [6.07, 6.45) is 1.87. The lowest BCUT2D eigenvalue weighted by Gasteiger charge is -2.09. The van der Waals surface area contributed by atoms with Crippen LogP contribution in [0.2, 0.25) is 0 Å². The predicted octanol–water partition coefficient (Wildman–Crippen LogP) is 2.36. The minimum Gasteiger partial charge on any atom is -0.454 e. The van der Waals surface area contributed by atoms with Gasteiger partial charge in [-0.15, -0.1) is 0 Å². The molecule has 0 spiro atoms. The van der Waals surface area contributed by atoms with Gasteiger partial charge in [0.2, 0.25) is 6.79 Å². The number of nitrogens with zero attached hydrogens (tertiary/aromatic N) is 1. The second-order valence-electron chi connectivity index (χ2n) is 5.01. The van der Waals surface area contributed by atoms with Gasteiger partial charge in [-0.05, 0) is 35.4 Å². The fraction of sp³-hybridized carbons (Fsp3) is 0.188. The van der Waals surface area contributed by atoms with E-state index in [9.17, 15) is 0 Å². The van der Waals surface area contributed by atoms with E-state index < -0.39 is 0 Å². The van der Waals surface area contributed by atoms with Gasteiger partial charge in [0.15, 0.2) is 11.5 Å². The van der Waals surface area contributed by atoms with E-state index in [0.29, 0.717) is 6.54 Å². The van der Waals surface area contributed by atoms with Crippen LogP contribution in [0.1, 0.15) is 0 Å². The van der Waals surface area contributed by atoms with Gasteiger partial charge in [-0.2, -0.15) is 0 Å². The Kier molecular flexibility index (Phi) is 3.08. The number of ether oxygens (including phenoxy) is 2. The van der Waals surface area contributed by atoms with Crippen LogP contribution in [0, 0.1) is 0 Å². The summed E-state index contributed by atoms with van der Waals surface area (Å²) in [6, 6.07) is 9.86. The largest absolute Gasteiger partial charge is 0.454 e. The summed E-state index contributed by atoms with van der Waals surface area (Å²) in [7, 11) is 0. The number of hydrogen-bond acceptors (Lipinski definition) is 5. The van der Waals surface area contributed by atoms with E-state index in [1.165, 1.54) is 0 Å². The molecule has 0 bridgehead atoms. The van der Waals surface area contributed by atoms with Crippen molar-refractivity contribution in [2.75, 3.05) is 25.3 Å². The number of H-pyrrole nitrogens is 1. The predicted molar refractivity (Wildman–Crippen MR) is 83.2 cm³/mol. The summed E-state index contributed by atoms with van der Waals surface area (Å²) < 4.78 is 10.8. The Balaban J connectivity index is 1.84. The summed E-state index contributed by atoms with van der Waals surface area (Å²) in [5, 5.41) is 13.1. The van der Waals surface area contributed by atoms with E-state index in [1.807, 2.05) is 36.5 Å². The topological polar surface area (TPSA) is 79.4 Å². The summed E-state index contributed by atoms with van der Waals surface area (Å²) in [6.45, 7) is 0.779. The first-order valence-corrected chi connectivity index (χ1v) is 7.08. The van der Waals surface area contributed by atoms with Gasteiger partial charge in [0.25, 0.3) is 0 Å². The van der Waals surface area contributed by atoms with E-state index in [0.717, 1.165) is 39.5 Å². The van der Waals surface area contributed by atoms with Crippen molar-refractivity contribution in [1.29, 1.82) is 0 Å². The molecular weight excluding hydrogens is 282 g/mol. The molecule has 0 atom stereocenters. The van der Waals surface area contributed by atoms with Crippen molar-refractivity contribution >= 4 is 16.9 Å². The molecule has 1 aliphatic rings. The number of pyridine rings is 1. The average Bonchev–Trinajstić information content (AvgIpc) is 3.19. The Morgan fingerprint density at radius 1 is 1.18 bits per heavy atom. The van der Waals surface area contributed by atoms with E-state index >= 15 is 0 Å². The molecule has 1 aliphatic heterocycles. The highest BCUT2D eigenvalue weighted by atomic mass is 16.7. The van der Waals surface area contributed by atoms with Crippen molar-refractivity contribution in [1.82, 2.24) is 9.97 Å². The van der Waals surface area contributed by atoms with Gasteiger partial charge in [-0.3, -0.25) is 0 Å². The minimum atomic E-state index is 0.0593. The maximum Gasteiger partial charge on any atom is 0.231 e. The number of rotatable bonds is 4. The quantitative estimate of drug-likeness (QED) is 0.689. The third-order valence-corrected chi connectivity index (χ3v) is 3.63. The van der Waals surface area contributed by atoms with Gasteiger partial charge in [0.05, 0.1) is 6.61 Å². The molecule has 6 nitrogen and oxygen atoms in total. The first-order chi connectivity index (χ1) is 10.8. The van der Waals surface area contributed by atoms with Crippen LogP contribution < -0.4 is 14.8 Å². The molecule has 22 heavy (non-hydrogen) atoms. The van der Waals surface area contributed by atoms with Crippen molar-refractivity contribution in [2.24, 2.45) is 0 Å². The summed E-state index contributed by atoms with van der Waals surface area (Å²) in [5.41, 5.74) is 2.88. The Morgan fingerprint density at radius 2 is 2.09 bits per heavy atom. The molecule has 1 aromatic carbocycles. The number of aliphatic hydroxyl groups excluding tert-OH is 1. The van der Waals surface area contributed by atoms with Gasteiger partial charge in [0.1, 0.15) is 11.5 Å². The Bertz CT molecular complexity index is 829. The molecule has 0 aliphatic carbocycles. The standard InChI is InChI=1S/C16H15N3O3/c20-6-5-17-15-8-12(11-3-4-18-16(11)19-15)10-1-2-13-14(7-10)22-9-21-13/h1-4,7-8,20H,5-6,9H2,(H2,17,18,19). The number of benzene rings is 1. The van der Waals surface area contributed by atoms with Gasteiger partial charge >= 0.3 is 0 Å². The van der Waals surface area contributed by atoms with Crippen molar-refractivity contribution in [3.63, 3.8) is 0 Å². The lowest BCUT2D eigenvalue weighted by Crippen LogP contribution is -2.07. The smallest absolute Gasteiger partial charge is 0.231 e. The number of nitrogens with one attached hydrogen (secondary N) is 2. The van der Waals surface area contributed by atoms with Crippen LogP contribution in [0.3, 0.4) is 0 Å². The molecule has 0 unspecified atom stereocenters. The van der Waals surface area contributed by atoms with Crippen molar-refractivity contribution in [3.8, 4) is 22.6 Å². The molecule has 3 heterocycles. The van der Waals surface area contributed by atoms with Gasteiger partial charge in [-0.25, -0.2) is 4.98 Å². The normalized spacial score (nSPS) is 12.8. The highest BCUT2D eigenvalue weighted by molar-refractivity contribution is 5.95. The maximum absolute atomic E-state index is 8.96. The van der Waals surface area contributed by atoms with E-state index in [-0.39, 0.29) is 13.4 Å². The van der Waals surface area contributed by atoms with Crippen molar-refractivity contribution < 1.29 is 14.6 Å². The van der Waals surface area contributed by atoms with Crippen molar-refractivity contribution in [2.45, 2.75) is 0 Å². The number of aliphatic hydroxyl groups is 1. The van der Waals surface area contributed by atoms with Crippen LogP contribution in [0.5, 0.6) is 11.5 Å². The SMILES string of the molecule is OCCNc1cc(-c2ccc3c(c2)OCO3)c2cc[nH]c2n1. The molecule has 0 radical (unpaired) electrons. The second kappa shape index (κ2) is 5.23. The zero-order valence-corrected chi connectivity index (χ0v) is 11.8. The van der Waals surface area contributed by atoms with Gasteiger partial charge in [-0.1, -0.05) is 6.07 Å². The Hall–Kier alpha value is -2.73. The lowest BCUT2D eigenvalue weighted by atomic mass is 10.0. The molecule has 4 rings (SSSR count). The first kappa shape index (κ1) is 13.0. The fourth-order valence-corrected chi connectivity index (χ4v) is 2.62. The van der Waals surface area contributed by atoms with E-state index in [4.69, 9.17) is 14.6 Å². The molecule has 3 N–H and O–H groups in total. The van der Waals surface area contributed by atoms with Gasteiger partial charge in [0, 0.05) is 18.1 Å². The number of anilines is 1. The monoisotopic (exact) mass is 297 g/mol. The molecule has 2 aromatic heterocycles. The third-order valence-electron chi connectivity index (χ3n) is 3.63. The highest BCUT2D eigenvalue weighted by Crippen LogP contribution is 2.38. The average molecular weight is 297 g/mol. The van der Waals surface area contributed by atoms with Gasteiger partial charge < -0.3 is 24.9 Å². The molecule has 0 saturated carbocycles. The molecule has 0 saturated heterocycles. The zero-order chi connectivity index (χ0) is 14.9. The van der Waals surface area contributed by atoms with Crippen LogP contribution >= 0.6 is 0 Å². The third kappa shape index (κ3) is 2.14. The first-order valence-electron chi connectivity index (χ1n) is 7.08. The minimum absolute atomic E-state index is 0.0593. The van der Waals surface area contributed by atoms with E-state index in [1.54, 1.807) is 0 Å². The van der Waals surface area contributed by atoms with Crippen LogP contribution in [-0.4, -0.2) is 35.0 Å². The van der Waals surface area contributed by atoms with Crippen LogP contribution in [-0.2, 0) is 0 Å². The summed E-state index contributed by atoms with van der Waals surface area (Å²) >= 11 is 0. The van der Waals surface area contributed by atoms with Crippen LogP contribution in [0.25, 0.3) is 22.2 Å². The van der Waals surface area contributed by atoms with E-state index in [2.05, 4.69) is 15.3 Å². The summed E-state index contributed by atoms with van der Waals surface area (Å²) in [4.78, 5) is 7.63. The molecule has 0 fully saturated rings. The molecule has 3 aromatic rings. The Morgan fingerprint density at radius 3 is 3.00 bits per heavy atom. The second-order valence-corrected chi connectivity index (χ2v) is 5.01. The fourth-order valence-electron chi connectivity index (χ4n) is 2.62. The van der Waals surface area contributed by atoms with Crippen LogP contribution in [0.4, 0.5) is 5.82 Å². The zero-order valence-electron chi connectivity index (χ0n) is 11.8. The van der Waals surface area contributed by atoms with Crippen LogP contribution in [0.15, 0.2) is 36.5 Å².